The fourth-order valence-electron chi connectivity index (χ4n) is 3.37. The van der Waals surface area contributed by atoms with Gasteiger partial charge in [0.2, 0.25) is 5.91 Å². The van der Waals surface area contributed by atoms with E-state index in [-0.39, 0.29) is 17.5 Å². The molecule has 1 saturated heterocycles. The quantitative estimate of drug-likeness (QED) is 0.632. The zero-order valence-corrected chi connectivity index (χ0v) is 16.8. The second-order valence-electron chi connectivity index (χ2n) is 6.89. The Bertz CT molecular complexity index is 1070. The van der Waals surface area contributed by atoms with Crippen molar-refractivity contribution in [2.45, 2.75) is 19.0 Å². The molecule has 1 N–H and O–H groups in total. The van der Waals surface area contributed by atoms with Crippen LogP contribution in [0.2, 0.25) is 10.0 Å². The van der Waals surface area contributed by atoms with Gasteiger partial charge in [-0.2, -0.15) is 17.7 Å². The smallest absolute Gasteiger partial charge is 0.355 e. The van der Waals surface area contributed by atoms with Crippen molar-refractivity contribution in [1.29, 1.82) is 0 Å². The third kappa shape index (κ3) is 4.29. The number of carbonyl (C=O) groups excluding carboxylic acids is 1. The number of piperidine rings is 1. The number of hydrogen-bond acceptors (Lipinski definition) is 5. The standard InChI is InChI=1S/C18H15Cl2F3N6O/c19-11-7-12(20)9-13(8-11)24-16(30)10-3-5-28(6-4-10)15-2-1-14-25-26-17(18(21,22)23)29(14)27-15/h1-2,7-10H,3-6H2,(H,24,30). The molecule has 0 bridgehead atoms. The maximum absolute atomic E-state index is 13.1. The minimum Gasteiger partial charge on any atom is -0.355 e. The molecule has 2 aromatic heterocycles. The summed E-state index contributed by atoms with van der Waals surface area (Å²) in [5.41, 5.74) is 0.528. The molecule has 12 heteroatoms. The summed E-state index contributed by atoms with van der Waals surface area (Å²) in [5.74, 6) is -1.21. The zero-order chi connectivity index (χ0) is 21.5. The third-order valence-corrected chi connectivity index (χ3v) is 5.26. The largest absolute Gasteiger partial charge is 0.453 e. The van der Waals surface area contributed by atoms with Crippen LogP contribution in [-0.2, 0) is 11.0 Å². The van der Waals surface area contributed by atoms with E-state index < -0.39 is 12.0 Å². The number of anilines is 2. The van der Waals surface area contributed by atoms with E-state index in [1.807, 2.05) is 4.90 Å². The highest BCUT2D eigenvalue weighted by Gasteiger charge is 2.38. The van der Waals surface area contributed by atoms with Crippen LogP contribution >= 0.6 is 23.2 Å². The molecule has 0 spiro atoms. The van der Waals surface area contributed by atoms with Crippen molar-refractivity contribution in [3.63, 3.8) is 0 Å². The number of alkyl halides is 3. The van der Waals surface area contributed by atoms with Gasteiger partial charge in [-0.1, -0.05) is 23.2 Å². The Balaban J connectivity index is 1.43. The van der Waals surface area contributed by atoms with Gasteiger partial charge in [0.25, 0.3) is 5.82 Å². The number of amides is 1. The highest BCUT2D eigenvalue weighted by molar-refractivity contribution is 6.35. The van der Waals surface area contributed by atoms with Crippen LogP contribution in [0.5, 0.6) is 0 Å². The Kier molecular flexibility index (Phi) is 5.46. The van der Waals surface area contributed by atoms with E-state index >= 15 is 0 Å². The zero-order valence-electron chi connectivity index (χ0n) is 15.3. The molecular formula is C18H15Cl2F3N6O. The van der Waals surface area contributed by atoms with Crippen molar-refractivity contribution in [2.24, 2.45) is 5.92 Å². The molecule has 1 aromatic carbocycles. The van der Waals surface area contributed by atoms with E-state index in [1.165, 1.54) is 6.07 Å². The molecule has 1 aliphatic heterocycles. The first-order valence-corrected chi connectivity index (χ1v) is 9.78. The topological polar surface area (TPSA) is 75.4 Å². The molecule has 1 fully saturated rings. The molecule has 0 unspecified atom stereocenters. The van der Waals surface area contributed by atoms with Gasteiger partial charge in [-0.25, -0.2) is 0 Å². The Labute approximate surface area is 178 Å². The van der Waals surface area contributed by atoms with Crippen LogP contribution in [0.25, 0.3) is 5.65 Å². The molecule has 3 heterocycles. The van der Waals surface area contributed by atoms with Gasteiger partial charge in [-0.05, 0) is 43.2 Å². The Morgan fingerprint density at radius 2 is 1.73 bits per heavy atom. The fraction of sp³-hybridized carbons (Fsp3) is 0.333. The lowest BCUT2D eigenvalue weighted by Gasteiger charge is -2.32. The van der Waals surface area contributed by atoms with Crippen molar-refractivity contribution in [2.75, 3.05) is 23.3 Å². The van der Waals surface area contributed by atoms with Gasteiger partial charge in [-0.15, -0.1) is 15.3 Å². The van der Waals surface area contributed by atoms with Crippen LogP contribution < -0.4 is 10.2 Å². The number of nitrogens with zero attached hydrogens (tertiary/aromatic N) is 5. The summed E-state index contributed by atoms with van der Waals surface area (Å²) in [7, 11) is 0. The van der Waals surface area contributed by atoms with E-state index in [9.17, 15) is 18.0 Å². The molecule has 0 aliphatic carbocycles. The molecule has 1 amide bonds. The number of benzene rings is 1. The lowest BCUT2D eigenvalue weighted by molar-refractivity contribution is -0.146. The molecule has 3 aromatic rings. The number of rotatable bonds is 3. The lowest BCUT2D eigenvalue weighted by atomic mass is 9.96. The van der Waals surface area contributed by atoms with Gasteiger partial charge in [0.15, 0.2) is 5.65 Å². The Hall–Kier alpha value is -2.59. The summed E-state index contributed by atoms with van der Waals surface area (Å²) >= 11 is 11.9. The maximum Gasteiger partial charge on any atom is 0.453 e. The number of fused-ring (bicyclic) bond motifs is 1. The second-order valence-corrected chi connectivity index (χ2v) is 7.76. The molecule has 1 aliphatic rings. The minimum absolute atomic E-state index is 0.0144. The van der Waals surface area contributed by atoms with Crippen LogP contribution in [0.4, 0.5) is 24.7 Å². The van der Waals surface area contributed by atoms with Crippen LogP contribution in [0.15, 0.2) is 30.3 Å². The van der Waals surface area contributed by atoms with Gasteiger partial charge < -0.3 is 10.2 Å². The molecular weight excluding hydrogens is 444 g/mol. The van der Waals surface area contributed by atoms with E-state index in [4.69, 9.17) is 23.2 Å². The second kappa shape index (κ2) is 7.92. The van der Waals surface area contributed by atoms with E-state index in [0.717, 1.165) is 0 Å². The van der Waals surface area contributed by atoms with Gasteiger partial charge in [0, 0.05) is 34.7 Å². The summed E-state index contributed by atoms with van der Waals surface area (Å²) in [6.45, 7) is 0.937. The maximum atomic E-state index is 13.1. The first kappa shape index (κ1) is 20.7. The fourth-order valence-corrected chi connectivity index (χ4v) is 3.89. The van der Waals surface area contributed by atoms with Gasteiger partial charge in [0.05, 0.1) is 0 Å². The van der Waals surface area contributed by atoms with Crippen LogP contribution in [0.3, 0.4) is 0 Å². The predicted octanol–water partition coefficient (Wildman–Crippen LogP) is 4.31. The van der Waals surface area contributed by atoms with Crippen molar-refractivity contribution < 1.29 is 18.0 Å². The highest BCUT2D eigenvalue weighted by atomic mass is 35.5. The van der Waals surface area contributed by atoms with Crippen LogP contribution in [-0.4, -0.2) is 38.8 Å². The van der Waals surface area contributed by atoms with Crippen molar-refractivity contribution in [1.82, 2.24) is 19.8 Å². The number of halogens is 5. The van der Waals surface area contributed by atoms with Crippen LogP contribution in [0.1, 0.15) is 18.7 Å². The first-order chi connectivity index (χ1) is 14.2. The summed E-state index contributed by atoms with van der Waals surface area (Å²) in [4.78, 5) is 14.4. The molecule has 0 radical (unpaired) electrons. The highest BCUT2D eigenvalue weighted by Crippen LogP contribution is 2.29. The Morgan fingerprint density at radius 1 is 1.07 bits per heavy atom. The summed E-state index contributed by atoms with van der Waals surface area (Å²) in [5, 5.41) is 14.4. The van der Waals surface area contributed by atoms with Crippen molar-refractivity contribution >= 4 is 46.3 Å². The summed E-state index contributed by atoms with van der Waals surface area (Å²) in [6.07, 6.45) is -3.61. The van der Waals surface area contributed by atoms with Gasteiger partial charge in [0.1, 0.15) is 5.82 Å². The van der Waals surface area contributed by atoms with Gasteiger partial charge in [-0.3, -0.25) is 4.79 Å². The number of hydrogen-bond donors (Lipinski definition) is 1. The SMILES string of the molecule is O=C(Nc1cc(Cl)cc(Cl)c1)C1CCN(c2ccc3nnc(C(F)(F)F)n3n2)CC1. The van der Waals surface area contributed by atoms with Crippen LogP contribution in [0, 0.1) is 5.92 Å². The van der Waals surface area contributed by atoms with E-state index in [0.29, 0.717) is 52.0 Å². The van der Waals surface area contributed by atoms with E-state index in [2.05, 4.69) is 20.6 Å². The molecule has 158 valence electrons. The van der Waals surface area contributed by atoms with Crippen molar-refractivity contribution in [3.8, 4) is 0 Å². The monoisotopic (exact) mass is 458 g/mol. The van der Waals surface area contributed by atoms with Crippen molar-refractivity contribution in [3.05, 3.63) is 46.2 Å². The number of carbonyl (C=O) groups is 1. The number of nitrogens with one attached hydrogen (secondary N) is 1. The minimum atomic E-state index is -4.65. The molecule has 4 rings (SSSR count). The first-order valence-electron chi connectivity index (χ1n) is 9.02. The molecule has 0 atom stereocenters. The van der Waals surface area contributed by atoms with Gasteiger partial charge >= 0.3 is 6.18 Å². The average Bonchev–Trinajstić information content (AvgIpc) is 3.11. The average molecular weight is 459 g/mol. The summed E-state index contributed by atoms with van der Waals surface area (Å²) < 4.78 is 39.9. The lowest BCUT2D eigenvalue weighted by Crippen LogP contribution is -2.38. The number of aromatic nitrogens is 4. The van der Waals surface area contributed by atoms with E-state index in [1.54, 1.807) is 24.3 Å². The molecule has 30 heavy (non-hydrogen) atoms. The summed E-state index contributed by atoms with van der Waals surface area (Å²) in [6, 6.07) is 7.82. The normalized spacial score (nSPS) is 15.6. The molecule has 0 saturated carbocycles. The Morgan fingerprint density at radius 3 is 2.37 bits per heavy atom. The molecule has 7 nitrogen and oxygen atoms in total. The third-order valence-electron chi connectivity index (χ3n) is 4.82. The predicted molar refractivity (Wildman–Crippen MR) is 106 cm³/mol.